The molecule has 0 saturated carbocycles. The second kappa shape index (κ2) is 10.8. The van der Waals surface area contributed by atoms with Gasteiger partial charge in [0.1, 0.15) is 11.6 Å². The lowest BCUT2D eigenvalue weighted by Crippen LogP contribution is -2.35. The molecule has 0 bridgehead atoms. The lowest BCUT2D eigenvalue weighted by atomic mass is 10.0. The average molecular weight is 572 g/mol. The van der Waals surface area contributed by atoms with Crippen molar-refractivity contribution < 1.29 is 18.7 Å². The Labute approximate surface area is 231 Å². The van der Waals surface area contributed by atoms with Crippen LogP contribution in [0.4, 0.5) is 8.78 Å². The Bertz CT molecular complexity index is 1590. The Kier molecular flexibility index (Phi) is 7.46. The van der Waals surface area contributed by atoms with Gasteiger partial charge in [-0.2, -0.15) is 4.98 Å². The minimum atomic E-state index is -0.912. The van der Waals surface area contributed by atoms with Crippen molar-refractivity contribution in [1.29, 1.82) is 0 Å². The van der Waals surface area contributed by atoms with E-state index in [1.165, 1.54) is 27.0 Å². The third kappa shape index (κ3) is 5.28. The first-order valence-corrected chi connectivity index (χ1v) is 13.6. The average Bonchev–Trinajstić information content (AvgIpc) is 3.55. The van der Waals surface area contributed by atoms with Gasteiger partial charge in [0.25, 0.3) is 11.5 Å². The summed E-state index contributed by atoms with van der Waals surface area (Å²) < 4.78 is 29.6. The Morgan fingerprint density at radius 3 is 2.59 bits per heavy atom. The van der Waals surface area contributed by atoms with E-state index in [1.807, 2.05) is 0 Å². The largest absolute Gasteiger partial charge is 0.494 e. The van der Waals surface area contributed by atoms with Crippen LogP contribution in [-0.4, -0.2) is 48.5 Å². The molecule has 3 aromatic heterocycles. The van der Waals surface area contributed by atoms with Crippen LogP contribution in [0.15, 0.2) is 46.7 Å². The lowest BCUT2D eigenvalue weighted by molar-refractivity contribution is 0.0783. The number of aromatic nitrogens is 4. The molecule has 8 nitrogen and oxygen atoms in total. The van der Waals surface area contributed by atoms with Crippen molar-refractivity contribution in [3.8, 4) is 16.7 Å². The van der Waals surface area contributed by atoms with Gasteiger partial charge in [-0.3, -0.25) is 19.1 Å². The van der Waals surface area contributed by atoms with Crippen molar-refractivity contribution in [2.24, 2.45) is 0 Å². The zero-order valence-corrected chi connectivity index (χ0v) is 22.6. The van der Waals surface area contributed by atoms with Crippen molar-refractivity contribution in [3.63, 3.8) is 0 Å². The standard InChI is InChI=1S/C27H24ClF2N5O3S/c1-3-21(16-8-18(29)10-19(30)9-16)35-23(25-32-14(2)13-39-25)33-24(36)22(27(35)38)26(37)34-7-6-15(12-34)20-5-4-17(28)11-31-20/h4-5,8-11,13,15,21,38H,3,6-7,12H2,1-2H3. The summed E-state index contributed by atoms with van der Waals surface area (Å²) in [6.07, 6.45) is 2.41. The number of benzene rings is 1. The van der Waals surface area contributed by atoms with Crippen molar-refractivity contribution in [3.05, 3.63) is 91.4 Å². The van der Waals surface area contributed by atoms with E-state index in [0.29, 0.717) is 28.7 Å². The van der Waals surface area contributed by atoms with Crippen LogP contribution in [0.1, 0.15) is 59.0 Å². The molecule has 1 saturated heterocycles. The van der Waals surface area contributed by atoms with Crippen LogP contribution in [0.2, 0.25) is 5.02 Å². The maximum Gasteiger partial charge on any atom is 0.290 e. The third-order valence-electron chi connectivity index (χ3n) is 6.74. The third-order valence-corrected chi connectivity index (χ3v) is 7.92. The van der Waals surface area contributed by atoms with Crippen LogP contribution < -0.4 is 5.56 Å². The van der Waals surface area contributed by atoms with Gasteiger partial charge in [-0.1, -0.05) is 18.5 Å². The van der Waals surface area contributed by atoms with Crippen LogP contribution in [0, 0.1) is 18.6 Å². The van der Waals surface area contributed by atoms with Crippen molar-refractivity contribution >= 4 is 28.8 Å². The molecular formula is C27H24ClF2N5O3S. The number of aryl methyl sites for hydroxylation is 1. The zero-order chi connectivity index (χ0) is 27.8. The molecule has 5 rings (SSSR count). The van der Waals surface area contributed by atoms with E-state index in [-0.39, 0.29) is 30.3 Å². The topological polar surface area (TPSA) is 101 Å². The summed E-state index contributed by atoms with van der Waals surface area (Å²) in [5, 5.41) is 14.1. The summed E-state index contributed by atoms with van der Waals surface area (Å²) in [6.45, 7) is 4.14. The van der Waals surface area contributed by atoms with Gasteiger partial charge in [0.05, 0.1) is 11.1 Å². The fourth-order valence-corrected chi connectivity index (χ4v) is 5.81. The molecule has 1 aromatic carbocycles. The first-order valence-electron chi connectivity index (χ1n) is 12.3. The quantitative estimate of drug-likeness (QED) is 0.335. The number of halogens is 3. The number of pyridine rings is 1. The Morgan fingerprint density at radius 2 is 1.97 bits per heavy atom. The van der Waals surface area contributed by atoms with Gasteiger partial charge in [0, 0.05) is 48.0 Å². The molecule has 0 aliphatic carbocycles. The van der Waals surface area contributed by atoms with Crippen LogP contribution in [0.5, 0.6) is 5.88 Å². The highest BCUT2D eigenvalue weighted by atomic mass is 35.5. The monoisotopic (exact) mass is 571 g/mol. The zero-order valence-electron chi connectivity index (χ0n) is 21.1. The summed E-state index contributed by atoms with van der Waals surface area (Å²) in [5.74, 6) is -2.96. The number of aromatic hydroxyl groups is 1. The van der Waals surface area contributed by atoms with Crippen molar-refractivity contribution in [1.82, 2.24) is 24.4 Å². The lowest BCUT2D eigenvalue weighted by Gasteiger charge is -2.25. The summed E-state index contributed by atoms with van der Waals surface area (Å²) in [7, 11) is 0. The maximum absolute atomic E-state index is 14.2. The first kappa shape index (κ1) is 26.9. The smallest absolute Gasteiger partial charge is 0.290 e. The summed E-state index contributed by atoms with van der Waals surface area (Å²) in [4.78, 5) is 41.2. The van der Waals surface area contributed by atoms with Crippen LogP contribution in [0.3, 0.4) is 0 Å². The molecule has 39 heavy (non-hydrogen) atoms. The number of thiazole rings is 1. The van der Waals surface area contributed by atoms with Crippen molar-refractivity contribution in [2.45, 2.75) is 38.6 Å². The Balaban J connectivity index is 1.60. The molecule has 1 amide bonds. The van der Waals surface area contributed by atoms with E-state index >= 15 is 0 Å². The van der Waals surface area contributed by atoms with E-state index in [9.17, 15) is 23.5 Å². The predicted molar refractivity (Wildman–Crippen MR) is 143 cm³/mol. The second-order valence-electron chi connectivity index (χ2n) is 9.37. The number of nitrogens with zero attached hydrogens (tertiary/aromatic N) is 5. The van der Waals surface area contributed by atoms with Crippen LogP contribution in [-0.2, 0) is 0 Å². The molecule has 1 aliphatic heterocycles. The number of rotatable bonds is 6. The minimum Gasteiger partial charge on any atom is -0.494 e. The van der Waals surface area contributed by atoms with E-state index in [4.69, 9.17) is 11.6 Å². The van der Waals surface area contributed by atoms with Gasteiger partial charge in [-0.25, -0.2) is 13.8 Å². The SMILES string of the molecule is CCC(c1cc(F)cc(F)c1)n1c(-c2nc(C)cs2)nc(=O)c(C(=O)N2CCC(c3ccc(Cl)cn3)C2)c1O. The Hall–Kier alpha value is -3.70. The van der Waals surface area contributed by atoms with Gasteiger partial charge >= 0.3 is 0 Å². The molecule has 1 N–H and O–H groups in total. The van der Waals surface area contributed by atoms with Crippen LogP contribution in [0.25, 0.3) is 10.8 Å². The molecular weight excluding hydrogens is 548 g/mol. The van der Waals surface area contributed by atoms with Crippen LogP contribution >= 0.6 is 22.9 Å². The second-order valence-corrected chi connectivity index (χ2v) is 10.7. The summed E-state index contributed by atoms with van der Waals surface area (Å²) >= 11 is 7.14. The highest BCUT2D eigenvalue weighted by Crippen LogP contribution is 2.36. The van der Waals surface area contributed by atoms with E-state index < -0.39 is 40.6 Å². The molecule has 202 valence electrons. The van der Waals surface area contributed by atoms with E-state index in [0.717, 1.165) is 23.9 Å². The number of carbonyl (C=O) groups is 1. The molecule has 4 heterocycles. The normalized spacial score (nSPS) is 16.0. The maximum atomic E-state index is 14.2. The molecule has 1 fully saturated rings. The van der Waals surface area contributed by atoms with Gasteiger partial charge in [0.15, 0.2) is 16.4 Å². The highest BCUT2D eigenvalue weighted by Gasteiger charge is 2.34. The van der Waals surface area contributed by atoms with E-state index in [1.54, 1.807) is 31.4 Å². The summed E-state index contributed by atoms with van der Waals surface area (Å²) in [5.41, 5.74) is 0.220. The highest BCUT2D eigenvalue weighted by molar-refractivity contribution is 7.13. The van der Waals surface area contributed by atoms with Gasteiger partial charge in [-0.15, -0.1) is 11.3 Å². The fraction of sp³-hybridized carbons (Fsp3) is 0.296. The molecule has 1 aliphatic rings. The van der Waals surface area contributed by atoms with Gasteiger partial charge in [0.2, 0.25) is 5.88 Å². The number of likely N-dealkylation sites (tertiary alicyclic amines) is 1. The number of amides is 1. The first-order chi connectivity index (χ1) is 18.7. The van der Waals surface area contributed by atoms with E-state index in [2.05, 4.69) is 15.0 Å². The van der Waals surface area contributed by atoms with Gasteiger partial charge < -0.3 is 10.0 Å². The minimum absolute atomic E-state index is 0.00771. The molecule has 0 radical (unpaired) electrons. The number of hydrogen-bond acceptors (Lipinski definition) is 7. The fourth-order valence-electron chi connectivity index (χ4n) is 4.92. The molecule has 2 atom stereocenters. The molecule has 12 heteroatoms. The molecule has 2 unspecified atom stereocenters. The molecule has 4 aromatic rings. The van der Waals surface area contributed by atoms with Gasteiger partial charge in [-0.05, 0) is 49.6 Å². The summed E-state index contributed by atoms with van der Waals surface area (Å²) in [6, 6.07) is 5.72. The Morgan fingerprint density at radius 1 is 1.23 bits per heavy atom. The number of hydrogen-bond donors (Lipinski definition) is 1. The molecule has 0 spiro atoms. The number of carbonyl (C=O) groups excluding carboxylic acids is 1. The predicted octanol–water partition coefficient (Wildman–Crippen LogP) is 5.34. The van der Waals surface area contributed by atoms with Crippen molar-refractivity contribution in [2.75, 3.05) is 13.1 Å².